The Morgan fingerprint density at radius 3 is 2.55 bits per heavy atom. The van der Waals surface area contributed by atoms with Crippen molar-refractivity contribution in [1.29, 1.82) is 0 Å². The lowest BCUT2D eigenvalue weighted by molar-refractivity contribution is 0.603. The van der Waals surface area contributed by atoms with Crippen molar-refractivity contribution in [2.45, 2.75) is 12.8 Å². The van der Waals surface area contributed by atoms with Crippen LogP contribution in [-0.4, -0.2) is 5.75 Å². The van der Waals surface area contributed by atoms with Gasteiger partial charge in [-0.3, -0.25) is 0 Å². The first-order valence-electron chi connectivity index (χ1n) is 3.72. The molecule has 0 aliphatic carbocycles. The molecule has 0 aliphatic heterocycles. The molecule has 1 aromatic carbocycles. The maximum absolute atomic E-state index is 10.0. The topological polar surface area (TPSA) is 17.1 Å². The molecule has 0 bridgehead atoms. The first kappa shape index (κ1) is 8.34. The maximum atomic E-state index is 10.0. The average Bonchev–Trinajstić information content (AvgIpc) is 2.07. The van der Waals surface area contributed by atoms with Crippen molar-refractivity contribution in [2.75, 3.05) is 5.75 Å². The molecule has 0 atom stereocenters. The molecule has 0 radical (unpaired) electrons. The summed E-state index contributed by atoms with van der Waals surface area (Å²) in [4.78, 5) is 0. The summed E-state index contributed by atoms with van der Waals surface area (Å²) < 4.78 is 10.0. The smallest absolute Gasteiger partial charge is 0.0622 e. The Balaban J connectivity index is 2.33. The molecule has 0 aromatic heterocycles. The molecule has 0 unspecified atom stereocenters. The molecule has 0 fully saturated rings. The lowest BCUT2D eigenvalue weighted by Gasteiger charge is -1.93. The van der Waals surface area contributed by atoms with E-state index in [0.29, 0.717) is 11.7 Å². The monoisotopic (exact) mass is 167 g/mol. The van der Waals surface area contributed by atoms with E-state index in [9.17, 15) is 4.21 Å². The van der Waals surface area contributed by atoms with Crippen molar-refractivity contribution >= 4 is 11.7 Å². The first-order chi connectivity index (χ1) is 5.43. The normalized spacial score (nSPS) is 9.45. The van der Waals surface area contributed by atoms with E-state index in [1.54, 1.807) is 0 Å². The second-order valence-corrected chi connectivity index (χ2v) is 3.06. The van der Waals surface area contributed by atoms with Crippen LogP contribution >= 0.6 is 0 Å². The van der Waals surface area contributed by atoms with Gasteiger partial charge in [0.05, 0.1) is 0 Å². The summed E-state index contributed by atoms with van der Waals surface area (Å²) in [6.07, 6.45) is 2.01. The van der Waals surface area contributed by atoms with Gasteiger partial charge in [0.25, 0.3) is 0 Å². The SMILES string of the molecule is O=[S+]CCCc1ccccc1. The number of hydrogen-bond acceptors (Lipinski definition) is 1. The van der Waals surface area contributed by atoms with Crippen LogP contribution in [0.2, 0.25) is 0 Å². The van der Waals surface area contributed by atoms with Crippen LogP contribution in [0.4, 0.5) is 0 Å². The van der Waals surface area contributed by atoms with Crippen LogP contribution < -0.4 is 0 Å². The number of aryl methyl sites for hydroxylation is 1. The molecule has 0 spiro atoms. The quantitative estimate of drug-likeness (QED) is 0.495. The molecule has 0 N–H and O–H groups in total. The summed E-state index contributed by atoms with van der Waals surface area (Å²) >= 11 is 0.671. The Morgan fingerprint density at radius 2 is 1.91 bits per heavy atom. The Morgan fingerprint density at radius 1 is 1.18 bits per heavy atom. The van der Waals surface area contributed by atoms with E-state index in [1.807, 2.05) is 18.2 Å². The molecule has 0 saturated carbocycles. The van der Waals surface area contributed by atoms with E-state index >= 15 is 0 Å². The molecule has 1 rings (SSSR count). The molecule has 58 valence electrons. The van der Waals surface area contributed by atoms with E-state index in [4.69, 9.17) is 0 Å². The van der Waals surface area contributed by atoms with Gasteiger partial charge in [0.1, 0.15) is 0 Å². The van der Waals surface area contributed by atoms with Crippen LogP contribution in [-0.2, 0) is 22.3 Å². The summed E-state index contributed by atoms with van der Waals surface area (Å²) in [5, 5.41) is 0. The fourth-order valence-electron chi connectivity index (χ4n) is 0.980. The lowest BCUT2D eigenvalue weighted by atomic mass is 10.1. The van der Waals surface area contributed by atoms with Crippen molar-refractivity contribution in [3.63, 3.8) is 0 Å². The molecular weight excluding hydrogens is 156 g/mol. The van der Waals surface area contributed by atoms with Crippen LogP contribution in [0, 0.1) is 0 Å². The minimum Gasteiger partial charge on any atom is -0.0622 e. The van der Waals surface area contributed by atoms with Crippen molar-refractivity contribution in [3.05, 3.63) is 35.9 Å². The van der Waals surface area contributed by atoms with Crippen LogP contribution in [0.5, 0.6) is 0 Å². The predicted molar refractivity (Wildman–Crippen MR) is 47.7 cm³/mol. The van der Waals surface area contributed by atoms with Gasteiger partial charge in [0.15, 0.2) is 0 Å². The number of hydrogen-bond donors (Lipinski definition) is 0. The summed E-state index contributed by atoms with van der Waals surface area (Å²) in [5.74, 6) is 0.717. The standard InChI is InChI=1S/C9H11OS/c10-11-8-4-7-9-5-2-1-3-6-9/h1-3,5-6H,4,7-8H2/q+1. The highest BCUT2D eigenvalue weighted by atomic mass is 32.1. The summed E-state index contributed by atoms with van der Waals surface area (Å²) in [6.45, 7) is 0. The van der Waals surface area contributed by atoms with E-state index < -0.39 is 0 Å². The van der Waals surface area contributed by atoms with Gasteiger partial charge in [-0.15, -0.1) is 0 Å². The van der Waals surface area contributed by atoms with E-state index in [0.717, 1.165) is 18.6 Å². The molecular formula is C9H11OS+. The number of benzene rings is 1. The van der Waals surface area contributed by atoms with Gasteiger partial charge in [-0.25, -0.2) is 0 Å². The Kier molecular flexibility index (Phi) is 3.76. The Labute approximate surface area is 70.9 Å². The molecule has 2 heteroatoms. The average molecular weight is 167 g/mol. The molecule has 1 aromatic rings. The molecule has 11 heavy (non-hydrogen) atoms. The predicted octanol–water partition coefficient (Wildman–Crippen LogP) is 2.05. The highest BCUT2D eigenvalue weighted by Gasteiger charge is 1.97. The third kappa shape index (κ3) is 3.23. The second-order valence-electron chi connectivity index (χ2n) is 2.41. The van der Waals surface area contributed by atoms with Gasteiger partial charge in [-0.05, 0) is 12.0 Å². The van der Waals surface area contributed by atoms with Crippen molar-refractivity contribution in [3.8, 4) is 0 Å². The minimum absolute atomic E-state index is 0.671. The molecule has 0 aliphatic rings. The first-order valence-corrected chi connectivity index (χ1v) is 4.63. The third-order valence-electron chi connectivity index (χ3n) is 1.54. The molecule has 0 amide bonds. The molecule has 0 saturated heterocycles. The molecule has 1 nitrogen and oxygen atoms in total. The van der Waals surface area contributed by atoms with Crippen LogP contribution in [0.1, 0.15) is 12.0 Å². The van der Waals surface area contributed by atoms with E-state index in [-0.39, 0.29) is 0 Å². The Hall–Kier alpha value is -0.760. The highest BCUT2D eigenvalue weighted by molar-refractivity contribution is 7.65. The minimum atomic E-state index is 0.671. The zero-order valence-corrected chi connectivity index (χ0v) is 7.14. The largest absolute Gasteiger partial charge is 0.458 e. The summed E-state index contributed by atoms with van der Waals surface area (Å²) in [5.41, 5.74) is 1.32. The van der Waals surface area contributed by atoms with Gasteiger partial charge in [-0.2, -0.15) is 0 Å². The second kappa shape index (κ2) is 4.97. The molecule has 0 heterocycles. The van der Waals surface area contributed by atoms with E-state index in [2.05, 4.69) is 12.1 Å². The van der Waals surface area contributed by atoms with Gasteiger partial charge < -0.3 is 0 Å². The van der Waals surface area contributed by atoms with Gasteiger partial charge in [0, 0.05) is 10.6 Å². The van der Waals surface area contributed by atoms with Crippen molar-refractivity contribution < 1.29 is 4.21 Å². The van der Waals surface area contributed by atoms with Crippen LogP contribution in [0.25, 0.3) is 0 Å². The number of rotatable bonds is 4. The van der Waals surface area contributed by atoms with Crippen LogP contribution in [0.15, 0.2) is 30.3 Å². The van der Waals surface area contributed by atoms with Gasteiger partial charge in [-0.1, -0.05) is 30.3 Å². The maximum Gasteiger partial charge on any atom is 0.458 e. The fraction of sp³-hybridized carbons (Fsp3) is 0.333. The zero-order valence-electron chi connectivity index (χ0n) is 6.32. The third-order valence-corrected chi connectivity index (χ3v) is 1.99. The fourth-order valence-corrected chi connectivity index (χ4v) is 1.24. The van der Waals surface area contributed by atoms with E-state index in [1.165, 1.54) is 5.56 Å². The summed E-state index contributed by atoms with van der Waals surface area (Å²) in [7, 11) is 0. The summed E-state index contributed by atoms with van der Waals surface area (Å²) in [6, 6.07) is 10.2. The highest BCUT2D eigenvalue weighted by Crippen LogP contribution is 2.01. The Bertz CT molecular complexity index is 208. The van der Waals surface area contributed by atoms with Crippen LogP contribution in [0.3, 0.4) is 0 Å². The zero-order chi connectivity index (χ0) is 7.94. The van der Waals surface area contributed by atoms with Gasteiger partial charge >= 0.3 is 11.7 Å². The lowest BCUT2D eigenvalue weighted by Crippen LogP contribution is -1.87. The van der Waals surface area contributed by atoms with Crippen molar-refractivity contribution in [1.82, 2.24) is 0 Å². The van der Waals surface area contributed by atoms with Gasteiger partial charge in [0.2, 0.25) is 5.75 Å². The van der Waals surface area contributed by atoms with Crippen molar-refractivity contribution in [2.24, 2.45) is 0 Å².